The second-order valence-corrected chi connectivity index (χ2v) is 6.07. The smallest absolute Gasteiger partial charge is 0.129 e. The lowest BCUT2D eigenvalue weighted by molar-refractivity contribution is 0.641. The summed E-state index contributed by atoms with van der Waals surface area (Å²) in [6, 6.07) is 12.0. The summed E-state index contributed by atoms with van der Waals surface area (Å²) in [7, 11) is 0. The first-order valence-electron chi connectivity index (χ1n) is 7.04. The van der Waals surface area contributed by atoms with E-state index in [4.69, 9.17) is 28.9 Å². The lowest BCUT2D eigenvalue weighted by Gasteiger charge is -2.20. The van der Waals surface area contributed by atoms with Gasteiger partial charge in [0.05, 0.1) is 17.3 Å². The van der Waals surface area contributed by atoms with Crippen molar-refractivity contribution in [2.45, 2.75) is 18.9 Å². The fourth-order valence-corrected chi connectivity index (χ4v) is 3.26. The zero-order chi connectivity index (χ0) is 14.8. The molecule has 0 bridgehead atoms. The predicted molar refractivity (Wildman–Crippen MR) is 88.2 cm³/mol. The van der Waals surface area contributed by atoms with Crippen molar-refractivity contribution in [2.75, 3.05) is 18.0 Å². The summed E-state index contributed by atoms with van der Waals surface area (Å²) in [6.45, 7) is 2.31. The van der Waals surface area contributed by atoms with Gasteiger partial charge in [0.2, 0.25) is 0 Å². The van der Waals surface area contributed by atoms with Crippen molar-refractivity contribution < 1.29 is 0 Å². The maximum atomic E-state index is 6.23. The molecular weight excluding hydrogens is 305 g/mol. The van der Waals surface area contributed by atoms with Crippen molar-refractivity contribution in [1.82, 2.24) is 4.98 Å². The Bertz CT molecular complexity index is 645. The number of fused-ring (bicyclic) bond motifs is 1. The van der Waals surface area contributed by atoms with Gasteiger partial charge in [-0.3, -0.25) is 0 Å². The first kappa shape index (κ1) is 14.6. The van der Waals surface area contributed by atoms with Crippen LogP contribution in [0.3, 0.4) is 0 Å². The number of rotatable bonds is 4. The highest BCUT2D eigenvalue weighted by atomic mass is 35.5. The SMILES string of the molecule is NCCC1CN(Cc2nc(Cl)ccc2Cl)c2ccccc21. The zero-order valence-corrected chi connectivity index (χ0v) is 13.1. The van der Waals surface area contributed by atoms with Gasteiger partial charge in [-0.15, -0.1) is 0 Å². The van der Waals surface area contributed by atoms with Crippen LogP contribution in [0.4, 0.5) is 5.69 Å². The third kappa shape index (κ3) is 3.00. The number of hydrogen-bond donors (Lipinski definition) is 1. The Kier molecular flexibility index (Phi) is 4.34. The van der Waals surface area contributed by atoms with Gasteiger partial charge in [-0.25, -0.2) is 4.98 Å². The van der Waals surface area contributed by atoms with Crippen molar-refractivity contribution in [3.63, 3.8) is 0 Å². The first-order chi connectivity index (χ1) is 10.2. The highest BCUT2D eigenvalue weighted by Crippen LogP contribution is 2.38. The highest BCUT2D eigenvalue weighted by molar-refractivity contribution is 6.32. The second-order valence-electron chi connectivity index (χ2n) is 5.28. The number of nitrogens with two attached hydrogens (primary N) is 1. The Labute approximate surface area is 134 Å². The van der Waals surface area contributed by atoms with Gasteiger partial charge in [0.25, 0.3) is 0 Å². The van der Waals surface area contributed by atoms with Crippen LogP contribution in [0.1, 0.15) is 23.6 Å². The summed E-state index contributed by atoms with van der Waals surface area (Å²) >= 11 is 12.2. The molecule has 3 rings (SSSR count). The average Bonchev–Trinajstić information content (AvgIpc) is 2.82. The molecule has 0 fully saturated rings. The minimum atomic E-state index is 0.473. The average molecular weight is 322 g/mol. The van der Waals surface area contributed by atoms with Gasteiger partial charge in [0.1, 0.15) is 5.15 Å². The largest absolute Gasteiger partial charge is 0.365 e. The highest BCUT2D eigenvalue weighted by Gasteiger charge is 2.28. The molecule has 2 heterocycles. The second kappa shape index (κ2) is 6.22. The van der Waals surface area contributed by atoms with E-state index < -0.39 is 0 Å². The molecule has 1 aromatic heterocycles. The van der Waals surface area contributed by atoms with Gasteiger partial charge in [0.15, 0.2) is 0 Å². The fraction of sp³-hybridized carbons (Fsp3) is 0.312. The van der Waals surface area contributed by atoms with Crippen LogP contribution >= 0.6 is 23.2 Å². The molecule has 2 aromatic rings. The maximum Gasteiger partial charge on any atom is 0.129 e. The van der Waals surface area contributed by atoms with E-state index in [9.17, 15) is 0 Å². The van der Waals surface area contributed by atoms with Crippen LogP contribution in [0.5, 0.6) is 0 Å². The molecule has 21 heavy (non-hydrogen) atoms. The molecule has 1 atom stereocenters. The standard InChI is InChI=1S/C16H17Cl2N3/c17-13-5-6-16(18)20-14(13)10-21-9-11(7-8-19)12-3-1-2-4-15(12)21/h1-6,11H,7-10,19H2. The van der Waals surface area contributed by atoms with E-state index in [2.05, 4.69) is 34.1 Å². The lowest BCUT2D eigenvalue weighted by atomic mass is 9.98. The minimum absolute atomic E-state index is 0.473. The van der Waals surface area contributed by atoms with E-state index in [-0.39, 0.29) is 0 Å². The Hall–Kier alpha value is -1.29. The third-order valence-corrected chi connectivity index (χ3v) is 4.45. The molecule has 1 unspecified atom stereocenters. The lowest BCUT2D eigenvalue weighted by Crippen LogP contribution is -2.23. The van der Waals surface area contributed by atoms with Gasteiger partial charge in [-0.1, -0.05) is 41.4 Å². The van der Waals surface area contributed by atoms with Crippen molar-refractivity contribution >= 4 is 28.9 Å². The van der Waals surface area contributed by atoms with Crippen molar-refractivity contribution in [2.24, 2.45) is 5.73 Å². The molecule has 1 aromatic carbocycles. The number of pyridine rings is 1. The molecule has 0 aliphatic carbocycles. The topological polar surface area (TPSA) is 42.1 Å². The molecule has 1 aliphatic heterocycles. The number of nitrogens with zero attached hydrogens (tertiary/aromatic N) is 2. The van der Waals surface area contributed by atoms with Crippen molar-refractivity contribution in [3.8, 4) is 0 Å². The van der Waals surface area contributed by atoms with Crippen LogP contribution in [0, 0.1) is 0 Å². The minimum Gasteiger partial charge on any atom is -0.365 e. The van der Waals surface area contributed by atoms with E-state index in [0.717, 1.165) is 18.7 Å². The predicted octanol–water partition coefficient (Wildman–Crippen LogP) is 3.84. The molecule has 0 saturated carbocycles. The van der Waals surface area contributed by atoms with Crippen LogP contribution in [-0.4, -0.2) is 18.1 Å². The molecular formula is C16H17Cl2N3. The summed E-state index contributed by atoms with van der Waals surface area (Å²) < 4.78 is 0. The molecule has 110 valence electrons. The van der Waals surface area contributed by atoms with E-state index in [1.165, 1.54) is 11.3 Å². The van der Waals surface area contributed by atoms with Gasteiger partial charge >= 0.3 is 0 Å². The first-order valence-corrected chi connectivity index (χ1v) is 7.79. The van der Waals surface area contributed by atoms with E-state index in [0.29, 0.717) is 29.2 Å². The third-order valence-electron chi connectivity index (χ3n) is 3.90. The normalized spacial score (nSPS) is 17.1. The molecule has 0 spiro atoms. The monoisotopic (exact) mass is 321 g/mol. The number of para-hydroxylation sites is 1. The number of benzene rings is 1. The van der Waals surface area contributed by atoms with Crippen LogP contribution in [0.25, 0.3) is 0 Å². The van der Waals surface area contributed by atoms with Gasteiger partial charge < -0.3 is 10.6 Å². The molecule has 3 nitrogen and oxygen atoms in total. The summed E-state index contributed by atoms with van der Waals surface area (Å²) in [4.78, 5) is 6.65. The van der Waals surface area contributed by atoms with Crippen LogP contribution in [-0.2, 0) is 6.54 Å². The Morgan fingerprint density at radius 1 is 1.19 bits per heavy atom. The quantitative estimate of drug-likeness (QED) is 0.870. The van der Waals surface area contributed by atoms with E-state index in [1.807, 2.05) is 0 Å². The van der Waals surface area contributed by atoms with Crippen molar-refractivity contribution in [1.29, 1.82) is 0 Å². The number of halogens is 2. The van der Waals surface area contributed by atoms with Gasteiger partial charge in [-0.2, -0.15) is 0 Å². The molecule has 0 amide bonds. The number of hydrogen-bond acceptors (Lipinski definition) is 3. The zero-order valence-electron chi connectivity index (χ0n) is 11.6. The molecule has 2 N–H and O–H groups in total. The van der Waals surface area contributed by atoms with Crippen molar-refractivity contribution in [3.05, 3.63) is 57.8 Å². The Morgan fingerprint density at radius 3 is 2.81 bits per heavy atom. The summed E-state index contributed by atoms with van der Waals surface area (Å²) in [6.07, 6.45) is 0.990. The summed E-state index contributed by atoms with van der Waals surface area (Å²) in [5.74, 6) is 0.476. The maximum absolute atomic E-state index is 6.23. The van der Waals surface area contributed by atoms with Crippen LogP contribution in [0.2, 0.25) is 10.2 Å². The van der Waals surface area contributed by atoms with Crippen LogP contribution < -0.4 is 10.6 Å². The molecule has 0 saturated heterocycles. The molecule has 5 heteroatoms. The number of anilines is 1. The van der Waals surface area contributed by atoms with Gasteiger partial charge in [0, 0.05) is 18.2 Å². The summed E-state index contributed by atoms with van der Waals surface area (Å²) in [5, 5.41) is 1.12. The van der Waals surface area contributed by atoms with E-state index >= 15 is 0 Å². The fourth-order valence-electron chi connectivity index (χ4n) is 2.93. The van der Waals surface area contributed by atoms with Gasteiger partial charge in [-0.05, 0) is 36.7 Å². The van der Waals surface area contributed by atoms with Crippen LogP contribution in [0.15, 0.2) is 36.4 Å². The van der Waals surface area contributed by atoms with E-state index in [1.54, 1.807) is 12.1 Å². The number of aromatic nitrogens is 1. The Balaban J connectivity index is 1.88. The summed E-state index contributed by atoms with van der Waals surface area (Å²) in [5.41, 5.74) is 9.16. The molecule has 1 aliphatic rings. The Morgan fingerprint density at radius 2 is 2.00 bits per heavy atom. The molecule has 0 radical (unpaired) electrons.